The number of anilines is 1. The van der Waals surface area contributed by atoms with Crippen LogP contribution in [0, 0.1) is 5.92 Å². The fourth-order valence-corrected chi connectivity index (χ4v) is 3.11. The summed E-state index contributed by atoms with van der Waals surface area (Å²) >= 11 is 0. The first kappa shape index (κ1) is 16.6. The van der Waals surface area contributed by atoms with Gasteiger partial charge in [-0.3, -0.25) is 4.79 Å². The van der Waals surface area contributed by atoms with Crippen molar-refractivity contribution in [3.8, 4) is 0 Å². The van der Waals surface area contributed by atoms with E-state index in [9.17, 15) is 4.79 Å². The molecule has 0 aromatic carbocycles. The Kier molecular flexibility index (Phi) is 3.53. The molecule has 0 spiro atoms. The Morgan fingerprint density at radius 3 is 2.52 bits per heavy atom. The van der Waals surface area contributed by atoms with Crippen LogP contribution in [0.1, 0.15) is 40.5 Å². The van der Waals surface area contributed by atoms with E-state index in [0.717, 1.165) is 29.2 Å². The Balaban J connectivity index is 1.70. The molecule has 25 heavy (non-hydrogen) atoms. The number of carbonyl (C=O) groups excluding carboxylic acids is 1. The Bertz CT molecular complexity index is 839. The highest BCUT2D eigenvalue weighted by Crippen LogP contribution is 2.37. The third-order valence-corrected chi connectivity index (χ3v) is 5.61. The maximum absolute atomic E-state index is 12.0. The Morgan fingerprint density at radius 2 is 1.92 bits per heavy atom. The summed E-state index contributed by atoms with van der Waals surface area (Å²) in [5.74, 6) is 0.782. The molecule has 1 aliphatic carbocycles. The number of nitrogens with one attached hydrogen (secondary N) is 1. The molecule has 0 unspecified atom stereocenters. The molecule has 4 rings (SSSR count). The summed E-state index contributed by atoms with van der Waals surface area (Å²) in [6.07, 6.45) is 5.74. The first-order valence-corrected chi connectivity index (χ1v) is 8.79. The highest BCUT2D eigenvalue weighted by atomic mass is 16.7. The minimum Gasteiger partial charge on any atom is -0.399 e. The molecule has 7 heteroatoms. The van der Waals surface area contributed by atoms with Crippen molar-refractivity contribution in [2.24, 2.45) is 13.0 Å². The van der Waals surface area contributed by atoms with Crippen molar-refractivity contribution in [3.05, 3.63) is 18.5 Å². The summed E-state index contributed by atoms with van der Waals surface area (Å²) in [5.41, 5.74) is 1.15. The number of hydrogen-bond acceptors (Lipinski definition) is 4. The minimum absolute atomic E-state index is 0.0555. The Labute approximate surface area is 148 Å². The highest BCUT2D eigenvalue weighted by molar-refractivity contribution is 6.65. The summed E-state index contributed by atoms with van der Waals surface area (Å²) in [6, 6.07) is 1.91. The van der Waals surface area contributed by atoms with Crippen LogP contribution in [0.15, 0.2) is 18.5 Å². The number of pyridine rings is 1. The lowest BCUT2D eigenvalue weighted by atomic mass is 9.79. The number of rotatable bonds is 3. The molecule has 2 aromatic rings. The van der Waals surface area contributed by atoms with E-state index in [1.165, 1.54) is 0 Å². The first-order valence-electron chi connectivity index (χ1n) is 8.79. The van der Waals surface area contributed by atoms with Crippen LogP contribution < -0.4 is 10.8 Å². The van der Waals surface area contributed by atoms with Gasteiger partial charge in [-0.15, -0.1) is 0 Å². The quantitative estimate of drug-likeness (QED) is 0.870. The lowest BCUT2D eigenvalue weighted by molar-refractivity contribution is -0.117. The predicted octanol–water partition coefficient (Wildman–Crippen LogP) is 2.22. The van der Waals surface area contributed by atoms with Gasteiger partial charge in [0.15, 0.2) is 0 Å². The third-order valence-electron chi connectivity index (χ3n) is 5.61. The number of fused-ring (bicyclic) bond motifs is 1. The molecule has 2 aliphatic rings. The molecule has 1 N–H and O–H groups in total. The fraction of sp³-hybridized carbons (Fsp3) is 0.556. The normalized spacial score (nSPS) is 21.7. The fourth-order valence-electron chi connectivity index (χ4n) is 3.11. The van der Waals surface area contributed by atoms with E-state index in [-0.39, 0.29) is 11.8 Å². The van der Waals surface area contributed by atoms with Crippen LogP contribution in [-0.2, 0) is 21.2 Å². The third kappa shape index (κ3) is 2.75. The zero-order chi connectivity index (χ0) is 18.0. The maximum Gasteiger partial charge on any atom is 0.497 e. The molecule has 1 amide bonds. The van der Waals surface area contributed by atoms with Gasteiger partial charge in [0.25, 0.3) is 0 Å². The van der Waals surface area contributed by atoms with Crippen molar-refractivity contribution >= 4 is 35.2 Å². The Morgan fingerprint density at radius 1 is 1.28 bits per heavy atom. The predicted molar refractivity (Wildman–Crippen MR) is 97.8 cm³/mol. The van der Waals surface area contributed by atoms with E-state index >= 15 is 0 Å². The highest BCUT2D eigenvalue weighted by Gasteiger charge is 2.52. The molecule has 1 saturated heterocycles. The first-order chi connectivity index (χ1) is 11.7. The largest absolute Gasteiger partial charge is 0.497 e. The van der Waals surface area contributed by atoms with Gasteiger partial charge in [0.1, 0.15) is 5.82 Å². The van der Waals surface area contributed by atoms with Crippen LogP contribution in [0.5, 0.6) is 0 Å². The van der Waals surface area contributed by atoms with Gasteiger partial charge in [0.2, 0.25) is 5.91 Å². The van der Waals surface area contributed by atoms with Crippen LogP contribution in [0.25, 0.3) is 10.9 Å². The standard InChI is InChI=1S/C18H24BN3O3/c1-17(2)18(3,4)25-19(24-17)13-10-22(5)14-9-20-15(8-12(13)14)21-16(23)11-6-7-11/h8-11H,6-7H2,1-5H3,(H,20,21,23). The number of amides is 1. The maximum atomic E-state index is 12.0. The summed E-state index contributed by atoms with van der Waals surface area (Å²) in [4.78, 5) is 16.4. The lowest BCUT2D eigenvalue weighted by Gasteiger charge is -2.32. The second-order valence-electron chi connectivity index (χ2n) is 8.13. The molecule has 0 radical (unpaired) electrons. The van der Waals surface area contributed by atoms with Crippen molar-refractivity contribution in [2.75, 3.05) is 5.32 Å². The van der Waals surface area contributed by atoms with Gasteiger partial charge in [0.05, 0.1) is 22.9 Å². The van der Waals surface area contributed by atoms with E-state index in [1.54, 1.807) is 6.20 Å². The monoisotopic (exact) mass is 341 g/mol. The van der Waals surface area contributed by atoms with E-state index in [1.807, 2.05) is 51.6 Å². The number of hydrogen-bond donors (Lipinski definition) is 1. The summed E-state index contributed by atoms with van der Waals surface area (Å²) in [5, 5.41) is 3.90. The second kappa shape index (κ2) is 5.32. The molecule has 2 aromatic heterocycles. The van der Waals surface area contributed by atoms with Crippen LogP contribution in [0.3, 0.4) is 0 Å². The van der Waals surface area contributed by atoms with Gasteiger partial charge in [-0.25, -0.2) is 4.98 Å². The second-order valence-corrected chi connectivity index (χ2v) is 8.13. The van der Waals surface area contributed by atoms with Crippen LogP contribution in [-0.4, -0.2) is 33.8 Å². The molecule has 2 fully saturated rings. The molecular weight excluding hydrogens is 317 g/mol. The van der Waals surface area contributed by atoms with Crippen molar-refractivity contribution in [2.45, 2.75) is 51.7 Å². The van der Waals surface area contributed by atoms with E-state index < -0.39 is 18.3 Å². The number of aryl methyl sites for hydroxylation is 1. The summed E-state index contributed by atoms with van der Waals surface area (Å²) < 4.78 is 14.4. The molecule has 1 saturated carbocycles. The smallest absolute Gasteiger partial charge is 0.399 e. The number of nitrogens with zero attached hydrogens (tertiary/aromatic N) is 2. The van der Waals surface area contributed by atoms with Crippen molar-refractivity contribution < 1.29 is 14.1 Å². The molecule has 0 bridgehead atoms. The average molecular weight is 341 g/mol. The van der Waals surface area contributed by atoms with Gasteiger partial charge < -0.3 is 19.2 Å². The van der Waals surface area contributed by atoms with Gasteiger partial charge in [-0.05, 0) is 46.6 Å². The minimum atomic E-state index is -0.442. The zero-order valence-electron chi connectivity index (χ0n) is 15.4. The topological polar surface area (TPSA) is 65.4 Å². The average Bonchev–Trinajstić information content (AvgIpc) is 3.27. The molecule has 1 aliphatic heterocycles. The molecule has 6 nitrogen and oxygen atoms in total. The Hall–Kier alpha value is -1.86. The van der Waals surface area contributed by atoms with Crippen molar-refractivity contribution in [1.82, 2.24) is 9.55 Å². The molecule has 0 atom stereocenters. The lowest BCUT2D eigenvalue weighted by Crippen LogP contribution is -2.41. The number of carbonyl (C=O) groups is 1. The van der Waals surface area contributed by atoms with Crippen molar-refractivity contribution in [3.63, 3.8) is 0 Å². The van der Waals surface area contributed by atoms with E-state index in [2.05, 4.69) is 10.3 Å². The van der Waals surface area contributed by atoms with E-state index in [0.29, 0.717) is 5.82 Å². The SMILES string of the molecule is Cn1cc(B2OC(C)(C)C(C)(C)O2)c2cc(NC(=O)C3CC3)ncc21. The molecule has 132 valence electrons. The van der Waals surface area contributed by atoms with Crippen LogP contribution in [0.2, 0.25) is 0 Å². The molecular formula is C18H24BN3O3. The molecule has 3 heterocycles. The van der Waals surface area contributed by atoms with Crippen LogP contribution >= 0.6 is 0 Å². The number of aromatic nitrogens is 2. The van der Waals surface area contributed by atoms with Gasteiger partial charge in [-0.2, -0.15) is 0 Å². The van der Waals surface area contributed by atoms with Gasteiger partial charge in [0, 0.05) is 30.0 Å². The van der Waals surface area contributed by atoms with Crippen molar-refractivity contribution in [1.29, 1.82) is 0 Å². The zero-order valence-corrected chi connectivity index (χ0v) is 15.4. The van der Waals surface area contributed by atoms with E-state index in [4.69, 9.17) is 9.31 Å². The van der Waals surface area contributed by atoms with Gasteiger partial charge >= 0.3 is 7.12 Å². The van der Waals surface area contributed by atoms with Crippen LogP contribution in [0.4, 0.5) is 5.82 Å². The summed E-state index contributed by atoms with van der Waals surface area (Å²) in [7, 11) is 1.53. The summed E-state index contributed by atoms with van der Waals surface area (Å²) in [6.45, 7) is 8.17. The van der Waals surface area contributed by atoms with Gasteiger partial charge in [-0.1, -0.05) is 0 Å².